The van der Waals surface area contributed by atoms with Crippen LogP contribution in [0.15, 0.2) is 11.3 Å². The Morgan fingerprint density at radius 2 is 1.76 bits per heavy atom. The van der Waals surface area contributed by atoms with Crippen LogP contribution in [0.3, 0.4) is 0 Å². The topological polar surface area (TPSA) is 67.4 Å². The van der Waals surface area contributed by atoms with Crippen LogP contribution in [-0.2, 0) is 14.3 Å². The molecule has 2 aliphatic heterocycles. The van der Waals surface area contributed by atoms with E-state index < -0.39 is 0 Å². The first-order chi connectivity index (χ1) is 8.25. The molecule has 3 aliphatic rings. The Bertz CT molecular complexity index is 403. The molecule has 2 unspecified atom stereocenters. The number of piperazine rings is 1. The van der Waals surface area contributed by atoms with E-state index in [1.165, 1.54) is 6.42 Å². The van der Waals surface area contributed by atoms with E-state index in [1.54, 1.807) is 0 Å². The molecule has 3 fully saturated rings. The van der Waals surface area contributed by atoms with Crippen molar-refractivity contribution in [1.29, 1.82) is 0 Å². The smallest absolute Gasteiger partial charge is 0.336 e. The fraction of sp³-hybridized carbons (Fsp3) is 0.667. The zero-order valence-corrected chi connectivity index (χ0v) is 9.62. The van der Waals surface area contributed by atoms with E-state index in [0.29, 0.717) is 24.3 Å². The molecule has 2 N–H and O–H groups in total. The monoisotopic (exact) mass is 236 g/mol. The molecule has 2 saturated heterocycles. The number of rotatable bonds is 0. The number of fused-ring (bicyclic) bond motifs is 1. The first kappa shape index (κ1) is 10.6. The van der Waals surface area contributed by atoms with Gasteiger partial charge in [-0.2, -0.15) is 0 Å². The van der Waals surface area contributed by atoms with Gasteiger partial charge in [-0.05, 0) is 12.8 Å². The van der Waals surface area contributed by atoms with E-state index in [9.17, 15) is 9.59 Å². The van der Waals surface area contributed by atoms with Gasteiger partial charge in [0, 0.05) is 18.5 Å². The Labute approximate surface area is 99.6 Å². The lowest BCUT2D eigenvalue weighted by molar-refractivity contribution is -0.135. The summed E-state index contributed by atoms with van der Waals surface area (Å²) in [5.41, 5.74) is 0.946. The number of amides is 1. The van der Waals surface area contributed by atoms with Crippen molar-refractivity contribution in [1.82, 2.24) is 10.6 Å². The highest BCUT2D eigenvalue weighted by Gasteiger charge is 2.36. The van der Waals surface area contributed by atoms with Gasteiger partial charge in [0.15, 0.2) is 0 Å². The van der Waals surface area contributed by atoms with Crippen LogP contribution in [0.5, 0.6) is 0 Å². The molecular formula is C12H16N2O3. The van der Waals surface area contributed by atoms with Crippen LogP contribution in [0.2, 0.25) is 0 Å². The highest BCUT2D eigenvalue weighted by Crippen LogP contribution is 2.25. The fourth-order valence-electron chi connectivity index (χ4n) is 2.85. The summed E-state index contributed by atoms with van der Waals surface area (Å²) in [6.45, 7) is 0.390. The van der Waals surface area contributed by atoms with Crippen LogP contribution in [0.1, 0.15) is 32.1 Å². The Hall–Kier alpha value is -1.52. The lowest BCUT2D eigenvalue weighted by atomic mass is 9.88. The molecule has 5 heteroatoms. The second kappa shape index (κ2) is 4.05. The van der Waals surface area contributed by atoms with Crippen molar-refractivity contribution in [3.8, 4) is 0 Å². The standard InChI is InChI=1S/C12H16N2O3/c15-11-10(7-5-6-17-12(7)16)13-8-3-1-2-4-9(8)14-11/h8-9,13H,1-6H2,(H,14,15)/b10-7-. The molecule has 0 bridgehead atoms. The van der Waals surface area contributed by atoms with Crippen LogP contribution >= 0.6 is 0 Å². The van der Waals surface area contributed by atoms with Crippen molar-refractivity contribution >= 4 is 11.9 Å². The van der Waals surface area contributed by atoms with E-state index in [1.807, 2.05) is 0 Å². The third-order valence-electron chi connectivity index (χ3n) is 3.77. The van der Waals surface area contributed by atoms with Crippen molar-refractivity contribution in [2.75, 3.05) is 6.61 Å². The molecule has 0 aromatic heterocycles. The summed E-state index contributed by atoms with van der Waals surface area (Å²) in [4.78, 5) is 23.4. The molecule has 5 nitrogen and oxygen atoms in total. The molecule has 17 heavy (non-hydrogen) atoms. The predicted molar refractivity (Wildman–Crippen MR) is 59.9 cm³/mol. The van der Waals surface area contributed by atoms with Crippen molar-refractivity contribution in [3.05, 3.63) is 11.3 Å². The fourth-order valence-corrected chi connectivity index (χ4v) is 2.85. The van der Waals surface area contributed by atoms with Crippen molar-refractivity contribution in [2.45, 2.75) is 44.2 Å². The molecule has 1 aliphatic carbocycles. The van der Waals surface area contributed by atoms with Gasteiger partial charge in [0.1, 0.15) is 5.70 Å². The maximum absolute atomic E-state index is 11.9. The summed E-state index contributed by atoms with van der Waals surface area (Å²) in [5, 5.41) is 6.24. The second-order valence-electron chi connectivity index (χ2n) is 4.85. The van der Waals surface area contributed by atoms with Crippen LogP contribution in [0.4, 0.5) is 0 Å². The van der Waals surface area contributed by atoms with Gasteiger partial charge in [0.25, 0.3) is 5.91 Å². The molecular weight excluding hydrogens is 220 g/mol. The summed E-state index contributed by atoms with van der Waals surface area (Å²) >= 11 is 0. The van der Waals surface area contributed by atoms with Crippen molar-refractivity contribution in [2.24, 2.45) is 0 Å². The first-order valence-electron chi connectivity index (χ1n) is 6.23. The minimum atomic E-state index is -0.350. The number of esters is 1. The molecule has 92 valence electrons. The van der Waals surface area contributed by atoms with Crippen LogP contribution in [-0.4, -0.2) is 30.6 Å². The Balaban J connectivity index is 1.86. The predicted octanol–water partition coefficient (Wildman–Crippen LogP) is 0.218. The van der Waals surface area contributed by atoms with E-state index in [0.717, 1.165) is 19.3 Å². The largest absolute Gasteiger partial charge is 0.462 e. The molecule has 0 aromatic rings. The lowest BCUT2D eigenvalue weighted by Gasteiger charge is -2.38. The Morgan fingerprint density at radius 3 is 2.41 bits per heavy atom. The molecule has 2 atom stereocenters. The quantitative estimate of drug-likeness (QED) is 0.466. The molecule has 2 heterocycles. The minimum Gasteiger partial charge on any atom is -0.462 e. The van der Waals surface area contributed by atoms with Gasteiger partial charge >= 0.3 is 5.97 Å². The van der Waals surface area contributed by atoms with Gasteiger partial charge in [-0.3, -0.25) is 4.79 Å². The van der Waals surface area contributed by atoms with E-state index in [-0.39, 0.29) is 24.0 Å². The average Bonchev–Trinajstić information content (AvgIpc) is 2.74. The zero-order chi connectivity index (χ0) is 11.8. The average molecular weight is 236 g/mol. The van der Waals surface area contributed by atoms with Crippen LogP contribution in [0.25, 0.3) is 0 Å². The maximum Gasteiger partial charge on any atom is 0.336 e. The summed E-state index contributed by atoms with van der Waals surface area (Å²) in [6.07, 6.45) is 4.95. The number of hydrogen-bond donors (Lipinski definition) is 2. The lowest BCUT2D eigenvalue weighted by Crippen LogP contribution is -2.59. The highest BCUT2D eigenvalue weighted by molar-refractivity contribution is 6.03. The van der Waals surface area contributed by atoms with Gasteiger partial charge in [0.05, 0.1) is 12.2 Å². The Kier molecular flexibility index (Phi) is 2.53. The van der Waals surface area contributed by atoms with Gasteiger partial charge in [-0.1, -0.05) is 12.8 Å². The Morgan fingerprint density at radius 1 is 1.06 bits per heavy atom. The summed E-state index contributed by atoms with van der Waals surface area (Å²) in [7, 11) is 0. The molecule has 0 aromatic carbocycles. The number of nitrogens with one attached hydrogen (secondary N) is 2. The van der Waals surface area contributed by atoms with Crippen LogP contribution < -0.4 is 10.6 Å². The number of carbonyl (C=O) groups excluding carboxylic acids is 2. The summed E-state index contributed by atoms with van der Waals surface area (Å²) < 4.78 is 4.89. The van der Waals surface area contributed by atoms with Crippen molar-refractivity contribution in [3.63, 3.8) is 0 Å². The van der Waals surface area contributed by atoms with Gasteiger partial charge in [-0.15, -0.1) is 0 Å². The van der Waals surface area contributed by atoms with Gasteiger partial charge in [0.2, 0.25) is 0 Å². The second-order valence-corrected chi connectivity index (χ2v) is 4.85. The van der Waals surface area contributed by atoms with E-state index in [4.69, 9.17) is 4.74 Å². The van der Waals surface area contributed by atoms with E-state index >= 15 is 0 Å². The minimum absolute atomic E-state index is 0.151. The third kappa shape index (κ3) is 1.79. The van der Waals surface area contributed by atoms with Crippen LogP contribution in [0, 0.1) is 0 Å². The zero-order valence-electron chi connectivity index (χ0n) is 9.62. The number of carbonyl (C=O) groups is 2. The first-order valence-corrected chi connectivity index (χ1v) is 6.23. The highest BCUT2D eigenvalue weighted by atomic mass is 16.5. The molecule has 1 saturated carbocycles. The number of hydrogen-bond acceptors (Lipinski definition) is 4. The third-order valence-corrected chi connectivity index (χ3v) is 3.77. The molecule has 0 spiro atoms. The van der Waals surface area contributed by atoms with E-state index in [2.05, 4.69) is 10.6 Å². The molecule has 3 rings (SSSR count). The summed E-state index contributed by atoms with van der Waals surface area (Å²) in [6, 6.07) is 0.496. The number of ether oxygens (including phenoxy) is 1. The molecule has 1 amide bonds. The SMILES string of the molecule is O=C1OCC/C1=C1/NC2CCCCC2NC1=O. The van der Waals surface area contributed by atoms with Gasteiger partial charge in [-0.25, -0.2) is 4.79 Å². The van der Waals surface area contributed by atoms with Crippen molar-refractivity contribution < 1.29 is 14.3 Å². The maximum atomic E-state index is 11.9. The summed E-state index contributed by atoms with van der Waals surface area (Å²) in [5.74, 6) is -0.501. The van der Waals surface area contributed by atoms with Gasteiger partial charge < -0.3 is 15.4 Å². The molecule has 0 radical (unpaired) electrons. The number of cyclic esters (lactones) is 1. The normalized spacial score (nSPS) is 36.9.